The molecule has 0 saturated carbocycles. The van der Waals surface area contributed by atoms with Crippen LogP contribution in [0.15, 0.2) is 58.3 Å². The van der Waals surface area contributed by atoms with Gasteiger partial charge in [-0.2, -0.15) is 0 Å². The van der Waals surface area contributed by atoms with Gasteiger partial charge in [0.15, 0.2) is 0 Å². The Kier molecular flexibility index (Phi) is 29.0. The zero-order chi connectivity index (χ0) is 33.9. The largest absolute Gasteiger partial charge is 2.00 e. The molecule has 2 rings (SSSR count). The fourth-order valence-corrected chi connectivity index (χ4v) is 6.78. The third-order valence-electron chi connectivity index (χ3n) is 8.51. The van der Waals surface area contributed by atoms with Crippen molar-refractivity contribution in [2.75, 3.05) is 0 Å². The van der Waals surface area contributed by atoms with Crippen LogP contribution in [0.5, 0.6) is 0 Å². The first-order valence-electron chi connectivity index (χ1n) is 18.2. The fraction of sp³-hybridized carbons (Fsp3) is 0.684. The second-order valence-electron chi connectivity index (χ2n) is 12.8. The van der Waals surface area contributed by atoms with Gasteiger partial charge in [-0.25, -0.2) is 16.8 Å². The zero-order valence-electron chi connectivity index (χ0n) is 29.6. The molecule has 0 atom stereocenters. The van der Waals surface area contributed by atoms with Crippen molar-refractivity contribution in [3.05, 3.63) is 59.7 Å². The number of benzene rings is 2. The molecule has 0 aliphatic rings. The molecule has 0 heterocycles. The van der Waals surface area contributed by atoms with Gasteiger partial charge in [0, 0.05) is 0 Å². The second-order valence-corrected chi connectivity index (χ2v) is 15.5. The van der Waals surface area contributed by atoms with E-state index < -0.39 is 20.2 Å². The van der Waals surface area contributed by atoms with Crippen molar-refractivity contribution in [2.24, 2.45) is 0 Å². The summed E-state index contributed by atoms with van der Waals surface area (Å²) in [4.78, 5) is -0.226. The number of hydrogen-bond donors (Lipinski definition) is 0. The van der Waals surface area contributed by atoms with E-state index in [2.05, 4.69) is 13.8 Å². The number of rotatable bonds is 26. The predicted molar refractivity (Wildman–Crippen MR) is 195 cm³/mol. The average molecular weight is 719 g/mol. The quantitative estimate of drug-likeness (QED) is 0.0543. The Morgan fingerprint density at radius 2 is 0.681 bits per heavy atom. The molecule has 0 fully saturated rings. The van der Waals surface area contributed by atoms with Gasteiger partial charge in [-0.1, -0.05) is 167 Å². The van der Waals surface area contributed by atoms with Crippen LogP contribution in [0.2, 0.25) is 0 Å². The normalized spacial score (nSPS) is 11.5. The van der Waals surface area contributed by atoms with Crippen LogP contribution in [-0.4, -0.2) is 63.7 Å². The van der Waals surface area contributed by atoms with Gasteiger partial charge >= 0.3 is 37.7 Å². The Morgan fingerprint density at radius 1 is 0.426 bits per heavy atom. The van der Waals surface area contributed by atoms with E-state index >= 15 is 0 Å². The Hall–Kier alpha value is -0.480. The molecule has 47 heavy (non-hydrogen) atoms. The maximum Gasteiger partial charge on any atom is 2.00 e. The topological polar surface area (TPSA) is 114 Å². The summed E-state index contributed by atoms with van der Waals surface area (Å²) < 4.78 is 65.9. The number of aryl methyl sites for hydroxylation is 2. The van der Waals surface area contributed by atoms with Gasteiger partial charge in [0.25, 0.3) is 0 Å². The minimum Gasteiger partial charge on any atom is -0.744 e. The molecule has 6 nitrogen and oxygen atoms in total. The summed E-state index contributed by atoms with van der Waals surface area (Å²) in [5.74, 6) is 0. The van der Waals surface area contributed by atoms with Crippen molar-refractivity contribution in [2.45, 2.75) is 178 Å². The van der Waals surface area contributed by atoms with Crippen LogP contribution in [0.4, 0.5) is 0 Å². The molecular weight excluding hydrogens is 657 g/mol. The molecule has 0 saturated heterocycles. The van der Waals surface area contributed by atoms with E-state index in [1.54, 1.807) is 12.1 Å². The summed E-state index contributed by atoms with van der Waals surface area (Å²) in [6.07, 6.45) is 30.2. The van der Waals surface area contributed by atoms with Crippen molar-refractivity contribution >= 4 is 58.0 Å². The van der Waals surface area contributed by atoms with Crippen LogP contribution in [0.3, 0.4) is 0 Å². The minimum absolute atomic E-state index is 0. The van der Waals surface area contributed by atoms with E-state index in [0.29, 0.717) is 0 Å². The Morgan fingerprint density at radius 3 is 0.936 bits per heavy atom. The molecule has 0 unspecified atom stereocenters. The summed E-state index contributed by atoms with van der Waals surface area (Å²) >= 11 is 0. The summed E-state index contributed by atoms with van der Waals surface area (Å²) in [5.41, 5.74) is 1.88. The van der Waals surface area contributed by atoms with Crippen molar-refractivity contribution in [1.29, 1.82) is 0 Å². The maximum atomic E-state index is 11.0. The first-order valence-corrected chi connectivity index (χ1v) is 21.0. The van der Waals surface area contributed by atoms with Crippen molar-refractivity contribution < 1.29 is 25.9 Å². The minimum atomic E-state index is -4.33. The molecule has 0 aromatic heterocycles. The van der Waals surface area contributed by atoms with Gasteiger partial charge in [-0.3, -0.25) is 0 Å². The van der Waals surface area contributed by atoms with Gasteiger partial charge in [-0.05, 0) is 61.1 Å². The SMILES string of the molecule is CCCCCCCCCCCCCc1cccc(S(=O)(=O)[O-])c1.CCCCCCCCCCCCCc1cccc(S(=O)(=O)[O-])c1.[Ca+2]. The van der Waals surface area contributed by atoms with E-state index in [4.69, 9.17) is 0 Å². The molecule has 2 aromatic rings. The van der Waals surface area contributed by atoms with Crippen LogP contribution in [0.1, 0.15) is 166 Å². The van der Waals surface area contributed by atoms with E-state index in [1.807, 2.05) is 12.1 Å². The smallest absolute Gasteiger partial charge is 0.744 e. The van der Waals surface area contributed by atoms with Crippen LogP contribution in [0, 0.1) is 0 Å². The van der Waals surface area contributed by atoms with E-state index in [-0.39, 0.29) is 47.5 Å². The third-order valence-corrected chi connectivity index (χ3v) is 10.2. The summed E-state index contributed by atoms with van der Waals surface area (Å²) in [5, 5.41) is 0. The summed E-state index contributed by atoms with van der Waals surface area (Å²) in [6.45, 7) is 4.49. The first kappa shape index (κ1) is 46.5. The van der Waals surface area contributed by atoms with E-state index in [9.17, 15) is 25.9 Å². The van der Waals surface area contributed by atoms with Gasteiger partial charge in [0.1, 0.15) is 20.2 Å². The molecule has 0 aliphatic heterocycles. The standard InChI is InChI=1S/2C19H32O3S.Ca/c2*1-2-3-4-5-6-7-8-9-10-11-12-14-18-15-13-16-19(17-18)23(20,21)22;/h2*13,15-17H,2-12,14H2,1H3,(H,20,21,22);/q;;+2/p-2. The first-order chi connectivity index (χ1) is 22.1. The van der Waals surface area contributed by atoms with Crippen LogP contribution < -0.4 is 0 Å². The molecule has 0 spiro atoms. The van der Waals surface area contributed by atoms with Gasteiger partial charge in [-0.15, -0.1) is 0 Å². The van der Waals surface area contributed by atoms with Crippen LogP contribution >= 0.6 is 0 Å². The molecule has 264 valence electrons. The maximum absolute atomic E-state index is 11.0. The molecular formula is C38H62CaO6S2. The van der Waals surface area contributed by atoms with E-state index in [0.717, 1.165) is 36.8 Å². The Bertz CT molecular complexity index is 1150. The van der Waals surface area contributed by atoms with Gasteiger partial charge < -0.3 is 9.11 Å². The van der Waals surface area contributed by atoms with Crippen molar-refractivity contribution in [1.82, 2.24) is 0 Å². The molecule has 0 amide bonds. The molecule has 0 N–H and O–H groups in total. The molecule has 0 bridgehead atoms. The van der Waals surface area contributed by atoms with E-state index in [1.165, 1.54) is 153 Å². The average Bonchev–Trinajstić information content (AvgIpc) is 3.02. The Balaban J connectivity index is 0.000000882. The van der Waals surface area contributed by atoms with Gasteiger partial charge in [0.2, 0.25) is 0 Å². The fourth-order valence-electron chi connectivity index (χ4n) is 5.70. The molecule has 2 aromatic carbocycles. The third kappa shape index (κ3) is 26.1. The molecule has 0 aliphatic carbocycles. The predicted octanol–water partition coefficient (Wildman–Crippen LogP) is 10.5. The number of unbranched alkanes of at least 4 members (excludes halogenated alkanes) is 20. The second kappa shape index (κ2) is 29.3. The Labute approximate surface area is 318 Å². The van der Waals surface area contributed by atoms with Crippen molar-refractivity contribution in [3.63, 3.8) is 0 Å². The van der Waals surface area contributed by atoms with Crippen LogP contribution in [0.25, 0.3) is 0 Å². The summed E-state index contributed by atoms with van der Waals surface area (Å²) in [6, 6.07) is 12.9. The molecule has 9 heteroatoms. The van der Waals surface area contributed by atoms with Crippen LogP contribution in [-0.2, 0) is 33.1 Å². The van der Waals surface area contributed by atoms with Crippen molar-refractivity contribution in [3.8, 4) is 0 Å². The monoisotopic (exact) mass is 718 g/mol. The van der Waals surface area contributed by atoms with Gasteiger partial charge in [0.05, 0.1) is 9.79 Å². The molecule has 0 radical (unpaired) electrons. The summed E-state index contributed by atoms with van der Waals surface area (Å²) in [7, 11) is -8.66. The number of hydrogen-bond acceptors (Lipinski definition) is 6. The zero-order valence-corrected chi connectivity index (χ0v) is 33.4.